The fourth-order valence-corrected chi connectivity index (χ4v) is 1.49. The second-order valence-electron chi connectivity index (χ2n) is 4.21. The van der Waals surface area contributed by atoms with Crippen LogP contribution in [0, 0.1) is 19.8 Å². The molecule has 1 aromatic rings. The first-order valence-electron chi connectivity index (χ1n) is 5.48. The second kappa shape index (κ2) is 5.48. The minimum absolute atomic E-state index is 0.364. The standard InChI is InChI=1S/C13H17NO3/c1-8-4-5-11(9(2)6-8)7-14-12(15)10(3)13(16)17/h4-6,10H,7H2,1-3H3,(H,14,15)(H,16,17). The van der Waals surface area contributed by atoms with Crippen molar-refractivity contribution in [1.82, 2.24) is 5.32 Å². The average molecular weight is 235 g/mol. The number of carboxylic acid groups (broad SMARTS) is 1. The lowest BCUT2D eigenvalue weighted by molar-refractivity contribution is -0.146. The molecule has 17 heavy (non-hydrogen) atoms. The maximum Gasteiger partial charge on any atom is 0.315 e. The van der Waals surface area contributed by atoms with E-state index in [1.807, 2.05) is 32.0 Å². The maximum absolute atomic E-state index is 11.4. The van der Waals surface area contributed by atoms with Crippen LogP contribution < -0.4 is 5.32 Å². The van der Waals surface area contributed by atoms with Crippen LogP contribution >= 0.6 is 0 Å². The molecule has 0 bridgehead atoms. The van der Waals surface area contributed by atoms with Gasteiger partial charge in [-0.3, -0.25) is 9.59 Å². The fourth-order valence-electron chi connectivity index (χ4n) is 1.49. The van der Waals surface area contributed by atoms with Gasteiger partial charge >= 0.3 is 5.97 Å². The molecule has 0 saturated heterocycles. The maximum atomic E-state index is 11.4. The molecule has 0 aliphatic rings. The zero-order valence-corrected chi connectivity index (χ0v) is 10.3. The summed E-state index contributed by atoms with van der Waals surface area (Å²) in [6.45, 7) is 5.71. The molecule has 0 spiro atoms. The predicted octanol–water partition coefficient (Wildman–Crippen LogP) is 1.64. The predicted molar refractivity (Wildman–Crippen MR) is 64.6 cm³/mol. The third-order valence-corrected chi connectivity index (χ3v) is 2.71. The first-order valence-corrected chi connectivity index (χ1v) is 5.48. The van der Waals surface area contributed by atoms with Gasteiger partial charge in [-0.05, 0) is 31.9 Å². The molecule has 1 atom stereocenters. The van der Waals surface area contributed by atoms with E-state index in [4.69, 9.17) is 5.11 Å². The molecule has 0 saturated carbocycles. The van der Waals surface area contributed by atoms with Gasteiger partial charge in [-0.2, -0.15) is 0 Å². The van der Waals surface area contributed by atoms with Crippen LogP contribution in [-0.2, 0) is 16.1 Å². The number of rotatable bonds is 4. The van der Waals surface area contributed by atoms with Gasteiger partial charge in [-0.1, -0.05) is 23.8 Å². The lowest BCUT2D eigenvalue weighted by atomic mass is 10.1. The highest BCUT2D eigenvalue weighted by molar-refractivity contribution is 5.96. The molecule has 0 fully saturated rings. The van der Waals surface area contributed by atoms with E-state index in [1.165, 1.54) is 6.92 Å². The lowest BCUT2D eigenvalue weighted by Gasteiger charge is -2.10. The fraction of sp³-hybridized carbons (Fsp3) is 0.385. The number of carbonyl (C=O) groups excluding carboxylic acids is 1. The molecule has 0 aromatic heterocycles. The van der Waals surface area contributed by atoms with E-state index in [9.17, 15) is 9.59 Å². The summed E-state index contributed by atoms with van der Waals surface area (Å²) in [5.41, 5.74) is 3.26. The van der Waals surface area contributed by atoms with E-state index in [2.05, 4.69) is 5.32 Å². The Balaban J connectivity index is 2.62. The van der Waals surface area contributed by atoms with E-state index < -0.39 is 17.8 Å². The first-order chi connectivity index (χ1) is 7.91. The molecule has 0 aliphatic carbocycles. The Morgan fingerprint density at radius 2 is 2.00 bits per heavy atom. The zero-order chi connectivity index (χ0) is 13.0. The summed E-state index contributed by atoms with van der Waals surface area (Å²) < 4.78 is 0. The highest BCUT2D eigenvalue weighted by Crippen LogP contribution is 2.10. The molecule has 1 rings (SSSR count). The third kappa shape index (κ3) is 3.59. The Kier molecular flexibility index (Phi) is 4.26. The zero-order valence-electron chi connectivity index (χ0n) is 10.3. The van der Waals surface area contributed by atoms with Crippen LogP contribution in [0.25, 0.3) is 0 Å². The summed E-state index contributed by atoms with van der Waals surface area (Å²) in [6.07, 6.45) is 0. The highest BCUT2D eigenvalue weighted by Gasteiger charge is 2.19. The summed E-state index contributed by atoms with van der Waals surface area (Å²) >= 11 is 0. The molecule has 1 aromatic carbocycles. The quantitative estimate of drug-likeness (QED) is 0.780. The summed E-state index contributed by atoms with van der Waals surface area (Å²) in [6, 6.07) is 5.94. The van der Waals surface area contributed by atoms with Crippen molar-refractivity contribution in [1.29, 1.82) is 0 Å². The SMILES string of the molecule is Cc1ccc(CNC(=O)C(C)C(=O)O)c(C)c1. The molecule has 0 radical (unpaired) electrons. The van der Waals surface area contributed by atoms with Crippen molar-refractivity contribution in [3.05, 3.63) is 34.9 Å². The topological polar surface area (TPSA) is 66.4 Å². The average Bonchev–Trinajstić information content (AvgIpc) is 2.26. The minimum atomic E-state index is -1.11. The van der Waals surface area contributed by atoms with Gasteiger partial charge in [-0.15, -0.1) is 0 Å². The number of aryl methyl sites for hydroxylation is 2. The van der Waals surface area contributed by atoms with Crippen LogP contribution in [0.15, 0.2) is 18.2 Å². The molecule has 4 nitrogen and oxygen atoms in total. The number of benzene rings is 1. The number of aliphatic carboxylic acids is 1. The van der Waals surface area contributed by atoms with E-state index in [-0.39, 0.29) is 0 Å². The van der Waals surface area contributed by atoms with Crippen LogP contribution in [0.1, 0.15) is 23.6 Å². The summed E-state index contributed by atoms with van der Waals surface area (Å²) in [5, 5.41) is 11.3. The minimum Gasteiger partial charge on any atom is -0.481 e. The summed E-state index contributed by atoms with van der Waals surface area (Å²) in [5.74, 6) is -2.58. The van der Waals surface area contributed by atoms with Crippen molar-refractivity contribution in [3.63, 3.8) is 0 Å². The molecular weight excluding hydrogens is 218 g/mol. The Morgan fingerprint density at radius 1 is 1.35 bits per heavy atom. The monoisotopic (exact) mass is 235 g/mol. The van der Waals surface area contributed by atoms with E-state index in [0.717, 1.165) is 16.7 Å². The van der Waals surface area contributed by atoms with Crippen molar-refractivity contribution < 1.29 is 14.7 Å². The molecule has 2 N–H and O–H groups in total. The van der Waals surface area contributed by atoms with Gasteiger partial charge in [0.1, 0.15) is 5.92 Å². The van der Waals surface area contributed by atoms with Crippen molar-refractivity contribution in [3.8, 4) is 0 Å². The van der Waals surface area contributed by atoms with Crippen LogP contribution in [0.2, 0.25) is 0 Å². The van der Waals surface area contributed by atoms with Crippen molar-refractivity contribution in [2.75, 3.05) is 0 Å². The van der Waals surface area contributed by atoms with E-state index in [0.29, 0.717) is 6.54 Å². The normalized spacial score (nSPS) is 11.9. The molecular formula is C13H17NO3. The van der Waals surface area contributed by atoms with Gasteiger partial charge in [0, 0.05) is 6.54 Å². The second-order valence-corrected chi connectivity index (χ2v) is 4.21. The van der Waals surface area contributed by atoms with Gasteiger partial charge in [-0.25, -0.2) is 0 Å². The Bertz CT molecular complexity index is 440. The molecule has 92 valence electrons. The molecule has 1 unspecified atom stereocenters. The van der Waals surface area contributed by atoms with Crippen LogP contribution in [0.5, 0.6) is 0 Å². The largest absolute Gasteiger partial charge is 0.481 e. The van der Waals surface area contributed by atoms with Gasteiger partial charge in [0.25, 0.3) is 0 Å². The molecule has 0 aliphatic heterocycles. The smallest absolute Gasteiger partial charge is 0.315 e. The summed E-state index contributed by atoms with van der Waals surface area (Å²) in [4.78, 5) is 22.0. The van der Waals surface area contributed by atoms with Gasteiger partial charge in [0.2, 0.25) is 5.91 Å². The third-order valence-electron chi connectivity index (χ3n) is 2.71. The van der Waals surface area contributed by atoms with E-state index in [1.54, 1.807) is 0 Å². The van der Waals surface area contributed by atoms with Gasteiger partial charge in [0.05, 0.1) is 0 Å². The van der Waals surface area contributed by atoms with Crippen molar-refractivity contribution in [2.24, 2.45) is 5.92 Å². The van der Waals surface area contributed by atoms with Crippen LogP contribution in [-0.4, -0.2) is 17.0 Å². The molecule has 4 heteroatoms. The Morgan fingerprint density at radius 3 is 2.53 bits per heavy atom. The van der Waals surface area contributed by atoms with E-state index >= 15 is 0 Å². The number of hydrogen-bond acceptors (Lipinski definition) is 2. The highest BCUT2D eigenvalue weighted by atomic mass is 16.4. The number of amides is 1. The number of nitrogens with one attached hydrogen (secondary N) is 1. The van der Waals surface area contributed by atoms with Crippen LogP contribution in [0.3, 0.4) is 0 Å². The number of carboxylic acids is 1. The van der Waals surface area contributed by atoms with Crippen molar-refractivity contribution >= 4 is 11.9 Å². The molecule has 0 heterocycles. The Labute approximate surface area is 101 Å². The number of carbonyl (C=O) groups is 2. The summed E-state index contributed by atoms with van der Waals surface area (Å²) in [7, 11) is 0. The first kappa shape index (κ1) is 13.2. The van der Waals surface area contributed by atoms with Gasteiger partial charge in [0.15, 0.2) is 0 Å². The lowest BCUT2D eigenvalue weighted by Crippen LogP contribution is -2.33. The molecule has 1 amide bonds. The van der Waals surface area contributed by atoms with Crippen LogP contribution in [0.4, 0.5) is 0 Å². The van der Waals surface area contributed by atoms with Crippen molar-refractivity contribution in [2.45, 2.75) is 27.3 Å². The Hall–Kier alpha value is -1.84. The van der Waals surface area contributed by atoms with Gasteiger partial charge < -0.3 is 10.4 Å². The number of hydrogen-bond donors (Lipinski definition) is 2.